The van der Waals surface area contributed by atoms with Gasteiger partial charge in [-0.3, -0.25) is 0 Å². The maximum atomic E-state index is 4.30. The lowest BCUT2D eigenvalue weighted by molar-refractivity contribution is 0.614. The van der Waals surface area contributed by atoms with Crippen LogP contribution in [0.2, 0.25) is 0 Å². The molecule has 1 rings (SSSR count). The van der Waals surface area contributed by atoms with Crippen LogP contribution in [0.15, 0.2) is 12.4 Å². The van der Waals surface area contributed by atoms with E-state index in [0.29, 0.717) is 0 Å². The van der Waals surface area contributed by atoms with Gasteiger partial charge in [-0.25, -0.2) is 4.98 Å². The molecule has 0 aliphatic heterocycles. The molecule has 0 amide bonds. The number of imidazole rings is 1. The number of unbranched alkanes of at least 4 members (excludes halogenated alkanes) is 1. The van der Waals surface area contributed by atoms with Crippen molar-refractivity contribution in [2.75, 3.05) is 6.26 Å². The Hall–Kier alpha value is -0.440. The highest BCUT2D eigenvalue weighted by Crippen LogP contribution is 2.07. The van der Waals surface area contributed by atoms with E-state index in [9.17, 15) is 0 Å². The monoisotopic (exact) mass is 184 g/mol. The van der Waals surface area contributed by atoms with Crippen LogP contribution in [0.3, 0.4) is 0 Å². The zero-order valence-electron chi connectivity index (χ0n) is 7.79. The lowest BCUT2D eigenvalue weighted by Crippen LogP contribution is -2.01. The van der Waals surface area contributed by atoms with Crippen LogP contribution >= 0.6 is 11.8 Å². The summed E-state index contributed by atoms with van der Waals surface area (Å²) in [6.07, 6.45) is 8.57. The van der Waals surface area contributed by atoms with E-state index in [2.05, 4.69) is 28.9 Å². The fraction of sp³-hybridized carbons (Fsp3) is 0.667. The first-order valence-corrected chi connectivity index (χ1v) is 5.76. The number of aromatic nitrogens is 2. The molecule has 0 spiro atoms. The zero-order valence-corrected chi connectivity index (χ0v) is 8.60. The van der Waals surface area contributed by atoms with Gasteiger partial charge in [0.2, 0.25) is 0 Å². The van der Waals surface area contributed by atoms with E-state index in [1.165, 1.54) is 18.7 Å². The molecule has 1 heterocycles. The summed E-state index contributed by atoms with van der Waals surface area (Å²) in [5, 5.41) is 0. The molecule has 0 aliphatic rings. The lowest BCUT2D eigenvalue weighted by atomic mass is 10.3. The molecular weight excluding hydrogens is 168 g/mol. The van der Waals surface area contributed by atoms with Crippen molar-refractivity contribution in [3.63, 3.8) is 0 Å². The lowest BCUT2D eigenvalue weighted by Gasteiger charge is -2.04. The predicted octanol–water partition coefficient (Wildman–Crippen LogP) is 2.55. The maximum Gasteiger partial charge on any atom is 0.118 e. The van der Waals surface area contributed by atoms with E-state index in [0.717, 1.165) is 12.3 Å². The van der Waals surface area contributed by atoms with E-state index < -0.39 is 0 Å². The van der Waals surface area contributed by atoms with Crippen molar-refractivity contribution in [3.05, 3.63) is 18.2 Å². The van der Waals surface area contributed by atoms with Crippen molar-refractivity contribution in [2.45, 2.75) is 32.1 Å². The fourth-order valence-electron chi connectivity index (χ4n) is 1.14. The standard InChI is InChI=1S/C9H16N2S/c1-3-4-6-11-7-5-10-9(11)8-12-2/h5,7H,3-4,6,8H2,1-2H3. The summed E-state index contributed by atoms with van der Waals surface area (Å²) in [6.45, 7) is 3.33. The molecule has 0 fully saturated rings. The molecule has 1 aromatic heterocycles. The van der Waals surface area contributed by atoms with Crippen LogP contribution in [0.25, 0.3) is 0 Å². The molecule has 0 saturated heterocycles. The second-order valence-electron chi connectivity index (χ2n) is 2.82. The van der Waals surface area contributed by atoms with Gasteiger partial charge >= 0.3 is 0 Å². The summed E-state index contributed by atoms with van der Waals surface area (Å²) in [7, 11) is 0. The molecule has 0 aromatic carbocycles. The van der Waals surface area contributed by atoms with Crippen LogP contribution in [0.1, 0.15) is 25.6 Å². The van der Waals surface area contributed by atoms with Crippen LogP contribution in [-0.2, 0) is 12.3 Å². The van der Waals surface area contributed by atoms with E-state index >= 15 is 0 Å². The average Bonchev–Trinajstić information content (AvgIpc) is 2.50. The highest BCUT2D eigenvalue weighted by molar-refractivity contribution is 7.97. The molecule has 0 aliphatic carbocycles. The third-order valence-electron chi connectivity index (χ3n) is 1.83. The molecule has 0 N–H and O–H groups in total. The highest BCUT2D eigenvalue weighted by atomic mass is 32.2. The Labute approximate surface area is 78.4 Å². The van der Waals surface area contributed by atoms with Gasteiger partial charge in [-0.15, -0.1) is 0 Å². The Morgan fingerprint density at radius 1 is 1.58 bits per heavy atom. The van der Waals surface area contributed by atoms with E-state index in [-0.39, 0.29) is 0 Å². The number of hydrogen-bond acceptors (Lipinski definition) is 2. The smallest absolute Gasteiger partial charge is 0.118 e. The molecule has 68 valence electrons. The quantitative estimate of drug-likeness (QED) is 0.700. The van der Waals surface area contributed by atoms with Crippen molar-refractivity contribution < 1.29 is 0 Å². The van der Waals surface area contributed by atoms with Gasteiger partial charge in [0.1, 0.15) is 5.82 Å². The number of aryl methyl sites for hydroxylation is 1. The Morgan fingerprint density at radius 2 is 2.42 bits per heavy atom. The van der Waals surface area contributed by atoms with Crippen molar-refractivity contribution in [2.24, 2.45) is 0 Å². The third kappa shape index (κ3) is 2.55. The van der Waals surface area contributed by atoms with E-state index in [1.807, 2.05) is 18.0 Å². The first kappa shape index (κ1) is 9.65. The number of thioether (sulfide) groups is 1. The van der Waals surface area contributed by atoms with Gasteiger partial charge in [-0.05, 0) is 12.7 Å². The number of rotatable bonds is 5. The first-order valence-electron chi connectivity index (χ1n) is 4.37. The van der Waals surface area contributed by atoms with Crippen LogP contribution in [0, 0.1) is 0 Å². The van der Waals surface area contributed by atoms with Gasteiger partial charge < -0.3 is 4.57 Å². The first-order chi connectivity index (χ1) is 5.88. The minimum absolute atomic E-state index is 1.02. The molecule has 0 saturated carbocycles. The summed E-state index contributed by atoms with van der Waals surface area (Å²) in [5.41, 5.74) is 0. The Bertz CT molecular complexity index is 220. The average molecular weight is 184 g/mol. The molecule has 0 atom stereocenters. The number of nitrogens with zero attached hydrogens (tertiary/aromatic N) is 2. The fourth-order valence-corrected chi connectivity index (χ4v) is 1.64. The topological polar surface area (TPSA) is 17.8 Å². The normalized spacial score (nSPS) is 10.5. The van der Waals surface area contributed by atoms with Gasteiger partial charge in [0.15, 0.2) is 0 Å². The van der Waals surface area contributed by atoms with Gasteiger partial charge in [0.05, 0.1) is 5.75 Å². The van der Waals surface area contributed by atoms with Gasteiger partial charge in [0.25, 0.3) is 0 Å². The van der Waals surface area contributed by atoms with Crippen molar-refractivity contribution in [1.82, 2.24) is 9.55 Å². The third-order valence-corrected chi connectivity index (χ3v) is 2.37. The van der Waals surface area contributed by atoms with Crippen molar-refractivity contribution >= 4 is 11.8 Å². The molecule has 12 heavy (non-hydrogen) atoms. The second-order valence-corrected chi connectivity index (χ2v) is 3.69. The predicted molar refractivity (Wildman–Crippen MR) is 54.4 cm³/mol. The summed E-state index contributed by atoms with van der Waals surface area (Å²) in [6, 6.07) is 0. The Kier molecular flexibility index (Phi) is 4.22. The molecule has 0 radical (unpaired) electrons. The molecular formula is C9H16N2S. The summed E-state index contributed by atoms with van der Waals surface area (Å²) in [4.78, 5) is 4.30. The second kappa shape index (κ2) is 5.25. The molecule has 3 heteroatoms. The van der Waals surface area contributed by atoms with Crippen LogP contribution in [0.4, 0.5) is 0 Å². The summed E-state index contributed by atoms with van der Waals surface area (Å²) >= 11 is 1.82. The Balaban J connectivity index is 2.51. The van der Waals surface area contributed by atoms with Crippen molar-refractivity contribution in [1.29, 1.82) is 0 Å². The Morgan fingerprint density at radius 3 is 3.08 bits per heavy atom. The van der Waals surface area contributed by atoms with Gasteiger partial charge in [-0.2, -0.15) is 11.8 Å². The van der Waals surface area contributed by atoms with E-state index in [1.54, 1.807) is 0 Å². The summed E-state index contributed by atoms with van der Waals surface area (Å²) in [5.74, 6) is 2.23. The highest BCUT2D eigenvalue weighted by Gasteiger charge is 1.99. The molecule has 0 bridgehead atoms. The van der Waals surface area contributed by atoms with Crippen LogP contribution in [0.5, 0.6) is 0 Å². The van der Waals surface area contributed by atoms with Crippen molar-refractivity contribution in [3.8, 4) is 0 Å². The van der Waals surface area contributed by atoms with Gasteiger partial charge in [-0.1, -0.05) is 13.3 Å². The molecule has 0 unspecified atom stereocenters. The maximum absolute atomic E-state index is 4.30. The minimum atomic E-state index is 1.02. The minimum Gasteiger partial charge on any atom is -0.334 e. The summed E-state index contributed by atoms with van der Waals surface area (Å²) < 4.78 is 2.25. The zero-order chi connectivity index (χ0) is 8.81. The van der Waals surface area contributed by atoms with Crippen LogP contribution < -0.4 is 0 Å². The van der Waals surface area contributed by atoms with Crippen LogP contribution in [-0.4, -0.2) is 15.8 Å². The SMILES string of the molecule is CCCCn1ccnc1CSC. The largest absolute Gasteiger partial charge is 0.334 e. The van der Waals surface area contributed by atoms with Gasteiger partial charge in [0, 0.05) is 18.9 Å². The molecule has 1 aromatic rings. The van der Waals surface area contributed by atoms with E-state index in [4.69, 9.17) is 0 Å². The molecule has 2 nitrogen and oxygen atoms in total. The number of hydrogen-bond donors (Lipinski definition) is 0.